The van der Waals surface area contributed by atoms with Gasteiger partial charge in [0.05, 0.1) is 13.2 Å². The van der Waals surface area contributed by atoms with Crippen LogP contribution in [0.25, 0.3) is 0 Å². The normalized spacial score (nSPS) is 22.9. The van der Waals surface area contributed by atoms with Crippen LogP contribution in [0, 0.1) is 11.7 Å². The van der Waals surface area contributed by atoms with Gasteiger partial charge in [0.25, 0.3) is 0 Å². The third kappa shape index (κ3) is 4.01. The number of rotatable bonds is 6. The first kappa shape index (κ1) is 15.4. The van der Waals surface area contributed by atoms with Crippen molar-refractivity contribution in [2.75, 3.05) is 13.2 Å². The van der Waals surface area contributed by atoms with Gasteiger partial charge in [-0.15, -0.1) is 0 Å². The van der Waals surface area contributed by atoms with Crippen molar-refractivity contribution in [3.63, 3.8) is 0 Å². The van der Waals surface area contributed by atoms with Crippen LogP contribution in [0.4, 0.5) is 4.39 Å². The van der Waals surface area contributed by atoms with E-state index in [-0.39, 0.29) is 18.7 Å². The highest BCUT2D eigenvalue weighted by atomic mass is 19.1. The van der Waals surface area contributed by atoms with Crippen molar-refractivity contribution in [3.8, 4) is 0 Å². The van der Waals surface area contributed by atoms with Gasteiger partial charge in [-0.05, 0) is 18.6 Å². The van der Waals surface area contributed by atoms with Crippen LogP contribution < -0.4 is 5.73 Å². The predicted molar refractivity (Wildman–Crippen MR) is 76.6 cm³/mol. The van der Waals surface area contributed by atoms with Crippen LogP contribution in [0.1, 0.15) is 50.0 Å². The minimum atomic E-state index is -0.386. The van der Waals surface area contributed by atoms with Crippen LogP contribution in [0.2, 0.25) is 0 Å². The molecule has 0 radical (unpaired) electrons. The molecule has 0 aliphatic carbocycles. The van der Waals surface area contributed by atoms with Gasteiger partial charge in [-0.25, -0.2) is 4.39 Å². The zero-order chi connectivity index (χ0) is 14.4. The second kappa shape index (κ2) is 7.72. The molecule has 1 heterocycles. The Morgan fingerprint density at radius 1 is 1.25 bits per heavy atom. The summed E-state index contributed by atoms with van der Waals surface area (Å²) in [6, 6.07) is 4.87. The van der Waals surface area contributed by atoms with Crippen molar-refractivity contribution in [2.24, 2.45) is 11.7 Å². The van der Waals surface area contributed by atoms with E-state index in [0.29, 0.717) is 24.7 Å². The standard InChI is InChI=1S/C16H24FNO2/c1-2-3-4-5-12-10-19-16(20-11-12)13-6-7-15(17)14(8-13)9-18/h6-8,12,16H,2-5,9-11,18H2,1H3. The average molecular weight is 281 g/mol. The molecule has 1 aromatic rings. The molecule has 0 spiro atoms. The average Bonchev–Trinajstić information content (AvgIpc) is 2.49. The molecule has 1 fully saturated rings. The third-order valence-corrected chi connectivity index (χ3v) is 3.74. The lowest BCUT2D eigenvalue weighted by molar-refractivity contribution is -0.206. The highest BCUT2D eigenvalue weighted by Crippen LogP contribution is 2.28. The van der Waals surface area contributed by atoms with Crippen molar-refractivity contribution in [2.45, 2.75) is 45.4 Å². The number of unbranched alkanes of at least 4 members (excludes halogenated alkanes) is 2. The van der Waals surface area contributed by atoms with Gasteiger partial charge in [-0.1, -0.05) is 32.3 Å². The highest BCUT2D eigenvalue weighted by molar-refractivity contribution is 5.26. The number of benzene rings is 1. The summed E-state index contributed by atoms with van der Waals surface area (Å²) in [5.74, 6) is 0.205. The van der Waals surface area contributed by atoms with E-state index in [2.05, 4.69) is 6.92 Å². The van der Waals surface area contributed by atoms with E-state index < -0.39 is 0 Å². The van der Waals surface area contributed by atoms with Crippen LogP contribution in [0.5, 0.6) is 0 Å². The van der Waals surface area contributed by atoms with Gasteiger partial charge >= 0.3 is 0 Å². The van der Waals surface area contributed by atoms with Crippen LogP contribution in [-0.2, 0) is 16.0 Å². The molecule has 0 aromatic heterocycles. The Morgan fingerprint density at radius 2 is 2.00 bits per heavy atom. The van der Waals surface area contributed by atoms with Gasteiger partial charge in [0.2, 0.25) is 0 Å². The molecule has 1 aromatic carbocycles. The molecule has 0 atom stereocenters. The van der Waals surface area contributed by atoms with Crippen LogP contribution in [0.3, 0.4) is 0 Å². The lowest BCUT2D eigenvalue weighted by Crippen LogP contribution is -2.27. The molecule has 4 heteroatoms. The molecule has 2 rings (SSSR count). The minimum Gasteiger partial charge on any atom is -0.348 e. The van der Waals surface area contributed by atoms with Crippen molar-refractivity contribution in [1.29, 1.82) is 0 Å². The van der Waals surface area contributed by atoms with Gasteiger partial charge in [0.1, 0.15) is 5.82 Å². The quantitative estimate of drug-likeness (QED) is 0.811. The van der Waals surface area contributed by atoms with Crippen molar-refractivity contribution < 1.29 is 13.9 Å². The van der Waals surface area contributed by atoms with Crippen LogP contribution in [0.15, 0.2) is 18.2 Å². The molecule has 1 aliphatic heterocycles. The largest absolute Gasteiger partial charge is 0.348 e. The smallest absolute Gasteiger partial charge is 0.183 e. The van der Waals surface area contributed by atoms with Gasteiger partial charge < -0.3 is 15.2 Å². The fraction of sp³-hybridized carbons (Fsp3) is 0.625. The summed E-state index contributed by atoms with van der Waals surface area (Å²) in [5, 5.41) is 0. The summed E-state index contributed by atoms with van der Waals surface area (Å²) < 4.78 is 24.9. The lowest BCUT2D eigenvalue weighted by Gasteiger charge is -2.30. The second-order valence-corrected chi connectivity index (χ2v) is 5.42. The first-order valence-electron chi connectivity index (χ1n) is 7.46. The Morgan fingerprint density at radius 3 is 2.65 bits per heavy atom. The zero-order valence-electron chi connectivity index (χ0n) is 12.1. The number of hydrogen-bond donors (Lipinski definition) is 1. The molecule has 2 N–H and O–H groups in total. The monoisotopic (exact) mass is 281 g/mol. The molecule has 1 aliphatic rings. The van der Waals surface area contributed by atoms with E-state index in [1.54, 1.807) is 12.1 Å². The minimum absolute atomic E-state index is 0.187. The Kier molecular flexibility index (Phi) is 5.95. The van der Waals surface area contributed by atoms with Gasteiger partial charge in [0.15, 0.2) is 6.29 Å². The molecular formula is C16H24FNO2. The summed E-state index contributed by atoms with van der Waals surface area (Å²) in [7, 11) is 0. The van der Waals surface area contributed by atoms with E-state index in [1.165, 1.54) is 25.3 Å². The maximum Gasteiger partial charge on any atom is 0.183 e. The summed E-state index contributed by atoms with van der Waals surface area (Å²) in [4.78, 5) is 0. The number of hydrogen-bond acceptors (Lipinski definition) is 3. The molecule has 1 saturated heterocycles. The SMILES string of the molecule is CCCCCC1COC(c2ccc(F)c(CN)c2)OC1. The predicted octanol–water partition coefficient (Wildman–Crippen LogP) is 3.53. The maximum absolute atomic E-state index is 13.4. The van der Waals surface area contributed by atoms with Crippen LogP contribution in [-0.4, -0.2) is 13.2 Å². The molecule has 3 nitrogen and oxygen atoms in total. The van der Waals surface area contributed by atoms with E-state index in [9.17, 15) is 4.39 Å². The fourth-order valence-corrected chi connectivity index (χ4v) is 2.48. The van der Waals surface area contributed by atoms with E-state index in [1.807, 2.05) is 0 Å². The summed E-state index contributed by atoms with van der Waals surface area (Å²) in [6.07, 6.45) is 4.49. The molecule has 0 unspecified atom stereocenters. The Hall–Kier alpha value is -0.970. The number of halogens is 1. The zero-order valence-corrected chi connectivity index (χ0v) is 12.1. The van der Waals surface area contributed by atoms with E-state index in [0.717, 1.165) is 12.0 Å². The fourth-order valence-electron chi connectivity index (χ4n) is 2.48. The number of nitrogens with two attached hydrogens (primary N) is 1. The van der Waals surface area contributed by atoms with Gasteiger partial charge in [0, 0.05) is 23.6 Å². The topological polar surface area (TPSA) is 44.5 Å². The van der Waals surface area contributed by atoms with Gasteiger partial charge in [-0.3, -0.25) is 0 Å². The Bertz CT molecular complexity index is 417. The van der Waals surface area contributed by atoms with Crippen molar-refractivity contribution in [1.82, 2.24) is 0 Å². The van der Waals surface area contributed by atoms with Crippen LogP contribution >= 0.6 is 0 Å². The summed E-state index contributed by atoms with van der Waals surface area (Å²) >= 11 is 0. The molecule has 20 heavy (non-hydrogen) atoms. The van der Waals surface area contributed by atoms with E-state index in [4.69, 9.17) is 15.2 Å². The van der Waals surface area contributed by atoms with Crippen molar-refractivity contribution in [3.05, 3.63) is 35.1 Å². The molecule has 0 bridgehead atoms. The summed E-state index contributed by atoms with van der Waals surface area (Å²) in [5.41, 5.74) is 6.86. The summed E-state index contributed by atoms with van der Waals surface area (Å²) in [6.45, 7) is 3.81. The van der Waals surface area contributed by atoms with Gasteiger partial charge in [-0.2, -0.15) is 0 Å². The molecule has 112 valence electrons. The first-order valence-corrected chi connectivity index (χ1v) is 7.46. The lowest BCUT2D eigenvalue weighted by atomic mass is 10.0. The third-order valence-electron chi connectivity index (χ3n) is 3.74. The number of ether oxygens (including phenoxy) is 2. The molecule has 0 saturated carbocycles. The molecule has 0 amide bonds. The maximum atomic E-state index is 13.4. The molecular weight excluding hydrogens is 257 g/mol. The Balaban J connectivity index is 1.87. The Labute approximate surface area is 120 Å². The highest BCUT2D eigenvalue weighted by Gasteiger charge is 2.23. The van der Waals surface area contributed by atoms with E-state index >= 15 is 0 Å². The second-order valence-electron chi connectivity index (χ2n) is 5.42. The first-order chi connectivity index (χ1) is 9.74. The van der Waals surface area contributed by atoms with Crippen molar-refractivity contribution >= 4 is 0 Å².